The molecule has 0 aliphatic carbocycles. The molecule has 2 N–H and O–H groups in total. The summed E-state index contributed by atoms with van der Waals surface area (Å²) in [5.41, 5.74) is 1.07. The normalized spacial score (nSPS) is 13.1. The first-order valence-electron chi connectivity index (χ1n) is 5.97. The Morgan fingerprint density at radius 3 is 2.47 bits per heavy atom. The number of hydrogen-bond acceptors (Lipinski definition) is 2. The first kappa shape index (κ1) is 15.5. The molecule has 0 fully saturated rings. The van der Waals surface area contributed by atoms with E-state index in [1.54, 1.807) is 0 Å². The summed E-state index contributed by atoms with van der Waals surface area (Å²) in [7, 11) is 0. The molecule has 3 nitrogen and oxygen atoms in total. The molecule has 0 aromatic heterocycles. The van der Waals surface area contributed by atoms with Gasteiger partial charge in [0.2, 0.25) is 5.91 Å². The number of nitrogens with one attached hydrogen (secondary N) is 2. The maximum absolute atomic E-state index is 11.9. The third-order valence-electron chi connectivity index (χ3n) is 2.40. The summed E-state index contributed by atoms with van der Waals surface area (Å²) < 4.78 is 35.6. The van der Waals surface area contributed by atoms with Gasteiger partial charge in [-0.2, -0.15) is 13.2 Å². The molecule has 1 amide bonds. The lowest BCUT2D eigenvalue weighted by Crippen LogP contribution is -2.42. The Labute approximate surface area is 110 Å². The van der Waals surface area contributed by atoms with Gasteiger partial charge in [-0.1, -0.05) is 30.3 Å². The predicted molar refractivity (Wildman–Crippen MR) is 66.7 cm³/mol. The number of benzene rings is 1. The van der Waals surface area contributed by atoms with E-state index in [0.717, 1.165) is 5.56 Å². The third-order valence-corrected chi connectivity index (χ3v) is 2.40. The fourth-order valence-corrected chi connectivity index (χ4v) is 1.66. The maximum Gasteiger partial charge on any atom is 0.401 e. The van der Waals surface area contributed by atoms with Crippen molar-refractivity contribution < 1.29 is 18.0 Å². The average Bonchev–Trinajstić information content (AvgIpc) is 2.28. The number of carbonyl (C=O) groups is 1. The Kier molecular flexibility index (Phi) is 5.82. The highest BCUT2D eigenvalue weighted by molar-refractivity contribution is 5.78. The Bertz CT molecular complexity index is 393. The number of alkyl halides is 3. The van der Waals surface area contributed by atoms with Crippen LogP contribution in [0.4, 0.5) is 13.2 Å². The van der Waals surface area contributed by atoms with Crippen LogP contribution in [0.25, 0.3) is 0 Å². The molecule has 0 heterocycles. The highest BCUT2D eigenvalue weighted by Crippen LogP contribution is 2.11. The average molecular weight is 274 g/mol. The number of rotatable bonds is 6. The van der Waals surface area contributed by atoms with Crippen LogP contribution in [0.5, 0.6) is 0 Å². The standard InChI is InChI=1S/C13H17F3N2O/c1-10(7-11-5-3-2-4-6-11)18-12(19)8-17-9-13(14,15)16/h2-6,10,17H,7-9H2,1H3,(H,18,19). The molecule has 6 heteroatoms. The van der Waals surface area contributed by atoms with E-state index in [0.29, 0.717) is 6.42 Å². The minimum absolute atomic E-state index is 0.123. The van der Waals surface area contributed by atoms with Crippen molar-refractivity contribution in [2.45, 2.75) is 25.6 Å². The van der Waals surface area contributed by atoms with Gasteiger partial charge in [-0.3, -0.25) is 4.79 Å². The summed E-state index contributed by atoms with van der Waals surface area (Å²) in [6.07, 6.45) is -3.65. The lowest BCUT2D eigenvalue weighted by molar-refractivity contribution is -0.128. The van der Waals surface area contributed by atoms with Crippen LogP contribution >= 0.6 is 0 Å². The van der Waals surface area contributed by atoms with Gasteiger partial charge < -0.3 is 10.6 Å². The minimum atomic E-state index is -4.30. The smallest absolute Gasteiger partial charge is 0.352 e. The van der Waals surface area contributed by atoms with Crippen LogP contribution in [0, 0.1) is 0 Å². The molecule has 1 aromatic rings. The number of halogens is 3. The fourth-order valence-electron chi connectivity index (χ4n) is 1.66. The summed E-state index contributed by atoms with van der Waals surface area (Å²) in [4.78, 5) is 11.4. The van der Waals surface area contributed by atoms with Crippen LogP contribution in [0.3, 0.4) is 0 Å². The molecule has 1 aromatic carbocycles. The summed E-state index contributed by atoms with van der Waals surface area (Å²) in [6.45, 7) is 0.320. The van der Waals surface area contributed by atoms with Crippen molar-refractivity contribution in [2.24, 2.45) is 0 Å². The van der Waals surface area contributed by atoms with Gasteiger partial charge in [0.1, 0.15) is 0 Å². The van der Waals surface area contributed by atoms with E-state index < -0.39 is 18.6 Å². The third kappa shape index (κ3) is 7.46. The molecule has 0 saturated carbocycles. The van der Waals surface area contributed by atoms with E-state index in [1.807, 2.05) is 37.3 Å². The zero-order chi connectivity index (χ0) is 14.3. The number of carbonyl (C=O) groups excluding carboxylic acids is 1. The molecule has 1 rings (SSSR count). The van der Waals surface area contributed by atoms with Gasteiger partial charge >= 0.3 is 6.18 Å². The van der Waals surface area contributed by atoms with Crippen molar-refractivity contribution in [3.05, 3.63) is 35.9 Å². The summed E-state index contributed by atoms with van der Waals surface area (Å²) in [5, 5.41) is 4.70. The van der Waals surface area contributed by atoms with E-state index in [-0.39, 0.29) is 12.6 Å². The van der Waals surface area contributed by atoms with Gasteiger partial charge in [-0.05, 0) is 18.9 Å². The molecule has 0 aliphatic heterocycles. The summed E-state index contributed by atoms with van der Waals surface area (Å²) in [6, 6.07) is 9.44. The second-order valence-corrected chi connectivity index (χ2v) is 4.38. The van der Waals surface area contributed by atoms with Crippen LogP contribution in [0.1, 0.15) is 12.5 Å². The summed E-state index contributed by atoms with van der Waals surface area (Å²) in [5.74, 6) is -0.437. The predicted octanol–water partition coefficient (Wildman–Crippen LogP) is 1.89. The number of amides is 1. The van der Waals surface area contributed by atoms with Crippen molar-refractivity contribution in [2.75, 3.05) is 13.1 Å². The van der Waals surface area contributed by atoms with Crippen molar-refractivity contribution in [1.82, 2.24) is 10.6 Å². The summed E-state index contributed by atoms with van der Waals surface area (Å²) >= 11 is 0. The van der Waals surface area contributed by atoms with E-state index in [1.165, 1.54) is 0 Å². The molecule has 0 bridgehead atoms. The van der Waals surface area contributed by atoms with Gasteiger partial charge in [0.25, 0.3) is 0 Å². The molecule has 0 spiro atoms. The Hall–Kier alpha value is -1.56. The first-order valence-corrected chi connectivity index (χ1v) is 5.97. The molecular weight excluding hydrogens is 257 g/mol. The zero-order valence-corrected chi connectivity index (χ0v) is 10.6. The van der Waals surface area contributed by atoms with Crippen LogP contribution in [0.2, 0.25) is 0 Å². The van der Waals surface area contributed by atoms with Gasteiger partial charge in [-0.15, -0.1) is 0 Å². The SMILES string of the molecule is CC(Cc1ccccc1)NC(=O)CNCC(F)(F)F. The molecule has 0 saturated heterocycles. The van der Waals surface area contributed by atoms with E-state index in [4.69, 9.17) is 0 Å². The Morgan fingerprint density at radius 1 is 1.26 bits per heavy atom. The molecular formula is C13H17F3N2O. The minimum Gasteiger partial charge on any atom is -0.352 e. The molecule has 106 valence electrons. The molecule has 1 unspecified atom stereocenters. The monoisotopic (exact) mass is 274 g/mol. The van der Waals surface area contributed by atoms with Gasteiger partial charge in [-0.25, -0.2) is 0 Å². The lowest BCUT2D eigenvalue weighted by atomic mass is 10.1. The van der Waals surface area contributed by atoms with Gasteiger partial charge in [0.05, 0.1) is 13.1 Å². The lowest BCUT2D eigenvalue weighted by Gasteiger charge is -2.14. The largest absolute Gasteiger partial charge is 0.401 e. The number of hydrogen-bond donors (Lipinski definition) is 2. The van der Waals surface area contributed by atoms with Crippen molar-refractivity contribution >= 4 is 5.91 Å². The van der Waals surface area contributed by atoms with Gasteiger partial charge in [0.15, 0.2) is 0 Å². The molecule has 19 heavy (non-hydrogen) atoms. The van der Waals surface area contributed by atoms with Crippen LogP contribution in [0.15, 0.2) is 30.3 Å². The van der Waals surface area contributed by atoms with Crippen LogP contribution in [-0.2, 0) is 11.2 Å². The second kappa shape index (κ2) is 7.13. The Morgan fingerprint density at radius 2 is 1.89 bits per heavy atom. The second-order valence-electron chi connectivity index (χ2n) is 4.38. The van der Waals surface area contributed by atoms with Crippen LogP contribution < -0.4 is 10.6 Å². The van der Waals surface area contributed by atoms with E-state index in [9.17, 15) is 18.0 Å². The molecule has 0 aliphatic rings. The zero-order valence-electron chi connectivity index (χ0n) is 10.6. The van der Waals surface area contributed by atoms with E-state index in [2.05, 4.69) is 10.6 Å². The van der Waals surface area contributed by atoms with Crippen molar-refractivity contribution in [3.63, 3.8) is 0 Å². The van der Waals surface area contributed by atoms with Crippen LogP contribution in [-0.4, -0.2) is 31.2 Å². The first-order chi connectivity index (χ1) is 8.87. The molecule has 0 radical (unpaired) electrons. The molecule has 1 atom stereocenters. The van der Waals surface area contributed by atoms with Gasteiger partial charge in [0, 0.05) is 6.04 Å². The highest BCUT2D eigenvalue weighted by atomic mass is 19.4. The maximum atomic E-state index is 11.9. The van der Waals surface area contributed by atoms with Crippen molar-refractivity contribution in [3.8, 4) is 0 Å². The Balaban J connectivity index is 2.25. The topological polar surface area (TPSA) is 41.1 Å². The van der Waals surface area contributed by atoms with E-state index >= 15 is 0 Å². The highest BCUT2D eigenvalue weighted by Gasteiger charge is 2.26. The fraction of sp³-hybridized carbons (Fsp3) is 0.462. The van der Waals surface area contributed by atoms with Crippen molar-refractivity contribution in [1.29, 1.82) is 0 Å². The quantitative estimate of drug-likeness (QED) is 0.831.